The summed E-state index contributed by atoms with van der Waals surface area (Å²) < 4.78 is 18.2. The van der Waals surface area contributed by atoms with E-state index in [4.69, 9.17) is 13.8 Å². The van der Waals surface area contributed by atoms with Crippen molar-refractivity contribution in [1.29, 1.82) is 0 Å². The molecule has 0 aliphatic heterocycles. The van der Waals surface area contributed by atoms with E-state index in [1.165, 1.54) is 4.74 Å². The molecule has 2 heterocycles. The highest BCUT2D eigenvalue weighted by Gasteiger charge is 2.29. The molecule has 0 saturated heterocycles. The highest BCUT2D eigenvalue weighted by Crippen LogP contribution is 2.39. The van der Waals surface area contributed by atoms with Gasteiger partial charge in [0.05, 0.1) is 13.2 Å². The van der Waals surface area contributed by atoms with Crippen molar-refractivity contribution in [2.24, 2.45) is 0 Å². The zero-order valence-electron chi connectivity index (χ0n) is 16.5. The van der Waals surface area contributed by atoms with Gasteiger partial charge in [-0.05, 0) is 63.3 Å². The Labute approximate surface area is 163 Å². The molecule has 2 aromatic heterocycles. The van der Waals surface area contributed by atoms with Crippen molar-refractivity contribution in [2.45, 2.75) is 58.9 Å². The average molecular weight is 383 g/mol. The Morgan fingerprint density at radius 1 is 1.21 bits per heavy atom. The van der Waals surface area contributed by atoms with Gasteiger partial charge < -0.3 is 13.8 Å². The third-order valence-corrected chi connectivity index (χ3v) is 4.95. The van der Waals surface area contributed by atoms with Crippen LogP contribution < -0.4 is 10.3 Å². The number of benzene rings is 1. The average Bonchev–Trinajstić information content (AvgIpc) is 3.28. The fourth-order valence-corrected chi connectivity index (χ4v) is 3.34. The minimum atomic E-state index is -0.0907. The van der Waals surface area contributed by atoms with Gasteiger partial charge in [0.1, 0.15) is 11.5 Å². The molecule has 1 aromatic carbocycles. The van der Waals surface area contributed by atoms with Crippen LogP contribution in [0.25, 0.3) is 11.4 Å². The van der Waals surface area contributed by atoms with E-state index in [1.54, 1.807) is 6.07 Å². The topological polar surface area (TPSA) is 83.3 Å². The van der Waals surface area contributed by atoms with Gasteiger partial charge >= 0.3 is 0 Å². The van der Waals surface area contributed by atoms with Gasteiger partial charge in [0, 0.05) is 24.0 Å². The second kappa shape index (κ2) is 7.66. The Kier molecular flexibility index (Phi) is 5.07. The zero-order valence-corrected chi connectivity index (χ0v) is 16.5. The van der Waals surface area contributed by atoms with E-state index in [9.17, 15) is 4.79 Å². The summed E-state index contributed by atoms with van der Waals surface area (Å²) in [6, 6.07) is 5.62. The second-order valence-electron chi connectivity index (χ2n) is 7.36. The largest absolute Gasteiger partial charge is 0.493 e. The monoisotopic (exact) mass is 383 g/mol. The SMILES string of the molecule is CCn1oc(CCCOc2c(C)cc(-c3noc(C4CC4)n3)cc2C)cc1=O. The number of hydrogen-bond acceptors (Lipinski definition) is 6. The molecule has 1 fully saturated rings. The second-order valence-corrected chi connectivity index (χ2v) is 7.36. The summed E-state index contributed by atoms with van der Waals surface area (Å²) in [5.74, 6) is 3.40. The molecular formula is C21H25N3O4. The first-order valence-corrected chi connectivity index (χ1v) is 9.83. The van der Waals surface area contributed by atoms with Gasteiger partial charge in [0.15, 0.2) is 0 Å². The Morgan fingerprint density at radius 3 is 2.61 bits per heavy atom. The number of ether oxygens (including phenoxy) is 1. The van der Waals surface area contributed by atoms with Crippen molar-refractivity contribution in [3.63, 3.8) is 0 Å². The molecule has 7 nitrogen and oxygen atoms in total. The maximum atomic E-state index is 11.6. The van der Waals surface area contributed by atoms with E-state index in [2.05, 4.69) is 10.1 Å². The van der Waals surface area contributed by atoms with Crippen LogP contribution in [0, 0.1) is 13.8 Å². The fourth-order valence-electron chi connectivity index (χ4n) is 3.34. The Balaban J connectivity index is 1.38. The smallest absolute Gasteiger partial charge is 0.282 e. The van der Waals surface area contributed by atoms with Crippen LogP contribution in [0.5, 0.6) is 5.75 Å². The van der Waals surface area contributed by atoms with E-state index in [0.717, 1.165) is 47.6 Å². The van der Waals surface area contributed by atoms with Crippen LogP contribution in [0.15, 0.2) is 32.0 Å². The number of nitrogens with zero attached hydrogens (tertiary/aromatic N) is 3. The zero-order chi connectivity index (χ0) is 19.7. The summed E-state index contributed by atoms with van der Waals surface area (Å²) in [4.78, 5) is 16.1. The van der Waals surface area contributed by atoms with Crippen LogP contribution >= 0.6 is 0 Å². The molecule has 0 atom stereocenters. The van der Waals surface area contributed by atoms with Crippen LogP contribution in [0.4, 0.5) is 0 Å². The number of aryl methyl sites for hydroxylation is 4. The molecule has 0 N–H and O–H groups in total. The van der Waals surface area contributed by atoms with Crippen molar-refractivity contribution < 1.29 is 13.8 Å². The van der Waals surface area contributed by atoms with E-state index in [0.29, 0.717) is 37.1 Å². The molecule has 0 radical (unpaired) electrons. The first-order chi connectivity index (χ1) is 13.5. The molecule has 148 valence electrons. The first-order valence-electron chi connectivity index (χ1n) is 9.83. The van der Waals surface area contributed by atoms with Crippen molar-refractivity contribution in [3.05, 3.63) is 51.3 Å². The molecule has 0 spiro atoms. The van der Waals surface area contributed by atoms with Crippen molar-refractivity contribution in [3.8, 4) is 17.1 Å². The lowest BCUT2D eigenvalue weighted by Crippen LogP contribution is -2.10. The summed E-state index contributed by atoms with van der Waals surface area (Å²) in [5.41, 5.74) is 2.93. The van der Waals surface area contributed by atoms with E-state index in [-0.39, 0.29) is 5.56 Å². The van der Waals surface area contributed by atoms with Gasteiger partial charge in [-0.2, -0.15) is 9.72 Å². The third-order valence-electron chi connectivity index (χ3n) is 4.95. The van der Waals surface area contributed by atoms with E-state index < -0.39 is 0 Å². The third kappa shape index (κ3) is 3.88. The molecule has 0 amide bonds. The molecule has 0 bridgehead atoms. The maximum absolute atomic E-state index is 11.6. The van der Waals surface area contributed by atoms with Gasteiger partial charge in [-0.1, -0.05) is 5.16 Å². The van der Waals surface area contributed by atoms with Gasteiger partial charge in [-0.15, -0.1) is 0 Å². The summed E-state index contributed by atoms with van der Waals surface area (Å²) in [6.45, 7) is 7.02. The molecule has 3 aromatic rings. The lowest BCUT2D eigenvalue weighted by molar-refractivity contribution is 0.242. The molecule has 0 unspecified atom stereocenters. The van der Waals surface area contributed by atoms with Gasteiger partial charge in [0.2, 0.25) is 11.7 Å². The lowest BCUT2D eigenvalue weighted by Gasteiger charge is -2.13. The minimum Gasteiger partial charge on any atom is -0.493 e. The van der Waals surface area contributed by atoms with Crippen LogP contribution in [-0.2, 0) is 13.0 Å². The molecule has 1 aliphatic rings. The normalized spacial score (nSPS) is 13.8. The Hall–Kier alpha value is -2.83. The molecule has 28 heavy (non-hydrogen) atoms. The van der Waals surface area contributed by atoms with Crippen LogP contribution in [0.2, 0.25) is 0 Å². The maximum Gasteiger partial charge on any atom is 0.282 e. The standard InChI is InChI=1S/C21H25N3O4/c1-4-24-18(25)12-17(28-24)6-5-9-26-19-13(2)10-16(11-14(19)3)20-22-21(27-23-20)15-7-8-15/h10-12,15H,4-9H2,1-3H3. The predicted octanol–water partition coefficient (Wildman–Crippen LogP) is 4.02. The highest BCUT2D eigenvalue weighted by molar-refractivity contribution is 5.61. The van der Waals surface area contributed by atoms with Crippen molar-refractivity contribution in [2.75, 3.05) is 6.61 Å². The molecule has 1 aliphatic carbocycles. The van der Waals surface area contributed by atoms with E-state index >= 15 is 0 Å². The fraction of sp³-hybridized carbons (Fsp3) is 0.476. The predicted molar refractivity (Wildman–Crippen MR) is 104 cm³/mol. The van der Waals surface area contributed by atoms with Crippen molar-refractivity contribution in [1.82, 2.24) is 14.9 Å². The number of aromatic nitrogens is 3. The van der Waals surface area contributed by atoms with Gasteiger partial charge in [-0.3, -0.25) is 4.79 Å². The van der Waals surface area contributed by atoms with Gasteiger partial charge in [0.25, 0.3) is 5.56 Å². The van der Waals surface area contributed by atoms with E-state index in [1.807, 2.05) is 32.9 Å². The van der Waals surface area contributed by atoms with Crippen LogP contribution in [0.1, 0.15) is 54.9 Å². The minimum absolute atomic E-state index is 0.0907. The van der Waals surface area contributed by atoms with Crippen LogP contribution in [-0.4, -0.2) is 21.5 Å². The summed E-state index contributed by atoms with van der Waals surface area (Å²) in [5, 5.41) is 4.12. The van der Waals surface area contributed by atoms with Crippen molar-refractivity contribution >= 4 is 0 Å². The molecule has 4 rings (SSSR count). The summed E-state index contributed by atoms with van der Waals surface area (Å²) in [6.07, 6.45) is 3.72. The van der Waals surface area contributed by atoms with Gasteiger partial charge in [-0.25, -0.2) is 0 Å². The lowest BCUT2D eigenvalue weighted by atomic mass is 10.1. The summed E-state index contributed by atoms with van der Waals surface area (Å²) in [7, 11) is 0. The van der Waals surface area contributed by atoms with Crippen LogP contribution in [0.3, 0.4) is 0 Å². The Morgan fingerprint density at radius 2 is 1.96 bits per heavy atom. The molecular weight excluding hydrogens is 358 g/mol. The first kappa shape index (κ1) is 18.5. The molecule has 7 heteroatoms. The molecule has 1 saturated carbocycles. The summed E-state index contributed by atoms with van der Waals surface area (Å²) >= 11 is 0. The number of hydrogen-bond donors (Lipinski definition) is 0. The highest BCUT2D eigenvalue weighted by atomic mass is 16.5. The Bertz CT molecular complexity index is 1000. The number of rotatable bonds is 8. The quantitative estimate of drug-likeness (QED) is 0.546.